The highest BCUT2D eigenvalue weighted by molar-refractivity contribution is 5.76. The first-order valence-corrected chi connectivity index (χ1v) is 4.61. The second kappa shape index (κ2) is 6.08. The van der Waals surface area contributed by atoms with Gasteiger partial charge in [0, 0.05) is 14.2 Å². The summed E-state index contributed by atoms with van der Waals surface area (Å²) in [6, 6.07) is 0. The van der Waals surface area contributed by atoms with Gasteiger partial charge in [-0.05, 0) is 33.6 Å². The standard InChI is InChI=1S/C5H10O3.C5H10O.CH4/c1-5(2,8-3)4(6)7;1-5(6-2)3-4-5;/h1-3H3,(H,6,7);3-4H2,1-2H3;1H4. The fraction of sp³-hybridized carbons (Fsp3) is 0.909. The Bertz CT molecular complexity index is 195. The monoisotopic (exact) mass is 220 g/mol. The summed E-state index contributed by atoms with van der Waals surface area (Å²) in [5, 5.41) is 8.32. The molecule has 0 aromatic heterocycles. The lowest BCUT2D eigenvalue weighted by Crippen LogP contribution is -2.33. The van der Waals surface area contributed by atoms with E-state index in [-0.39, 0.29) is 7.43 Å². The number of carboxylic acid groups (broad SMARTS) is 1. The van der Waals surface area contributed by atoms with Crippen molar-refractivity contribution < 1.29 is 19.4 Å². The van der Waals surface area contributed by atoms with Crippen LogP contribution in [0.2, 0.25) is 0 Å². The third-order valence-electron chi connectivity index (χ3n) is 2.47. The molecule has 4 nitrogen and oxygen atoms in total. The topological polar surface area (TPSA) is 55.8 Å². The van der Waals surface area contributed by atoms with Gasteiger partial charge in [-0.2, -0.15) is 0 Å². The summed E-state index contributed by atoms with van der Waals surface area (Å²) in [6.07, 6.45) is 2.51. The van der Waals surface area contributed by atoms with Crippen molar-refractivity contribution in [2.45, 2.75) is 52.2 Å². The van der Waals surface area contributed by atoms with Gasteiger partial charge in [-0.25, -0.2) is 4.79 Å². The van der Waals surface area contributed by atoms with Crippen molar-refractivity contribution >= 4 is 5.97 Å². The van der Waals surface area contributed by atoms with Crippen LogP contribution in [0.5, 0.6) is 0 Å². The van der Waals surface area contributed by atoms with Gasteiger partial charge in [0.2, 0.25) is 0 Å². The Kier molecular flexibility index (Phi) is 6.81. The predicted octanol–water partition coefficient (Wildman–Crippen LogP) is 2.32. The molecule has 1 aliphatic carbocycles. The minimum Gasteiger partial charge on any atom is -0.479 e. The molecule has 0 spiro atoms. The molecule has 15 heavy (non-hydrogen) atoms. The van der Waals surface area contributed by atoms with E-state index in [0.717, 1.165) is 0 Å². The lowest BCUT2D eigenvalue weighted by molar-refractivity contribution is -0.157. The number of carbonyl (C=O) groups is 1. The number of ether oxygens (including phenoxy) is 2. The molecule has 1 rings (SSSR count). The summed E-state index contributed by atoms with van der Waals surface area (Å²) in [7, 11) is 3.14. The van der Waals surface area contributed by atoms with Gasteiger partial charge < -0.3 is 14.6 Å². The Morgan fingerprint density at radius 1 is 1.33 bits per heavy atom. The summed E-state index contributed by atoms with van der Waals surface area (Å²) in [6.45, 7) is 5.12. The van der Waals surface area contributed by atoms with E-state index >= 15 is 0 Å². The zero-order valence-electron chi connectivity index (χ0n) is 9.59. The summed E-state index contributed by atoms with van der Waals surface area (Å²) in [5.41, 5.74) is -0.750. The highest BCUT2D eigenvalue weighted by Crippen LogP contribution is 2.37. The molecule has 0 aromatic carbocycles. The molecule has 1 fully saturated rings. The first kappa shape index (κ1) is 16.8. The third-order valence-corrected chi connectivity index (χ3v) is 2.47. The van der Waals surface area contributed by atoms with Crippen molar-refractivity contribution in [1.82, 2.24) is 0 Å². The molecule has 1 saturated carbocycles. The normalized spacial score (nSPS) is 16.9. The average Bonchev–Trinajstić information content (AvgIpc) is 2.86. The molecule has 0 heterocycles. The van der Waals surface area contributed by atoms with Crippen LogP contribution in [0.3, 0.4) is 0 Å². The van der Waals surface area contributed by atoms with Crippen LogP contribution in [0, 0.1) is 0 Å². The number of aliphatic carboxylic acids is 1. The number of hydrogen-bond acceptors (Lipinski definition) is 3. The van der Waals surface area contributed by atoms with Crippen LogP contribution in [0.1, 0.15) is 41.0 Å². The van der Waals surface area contributed by atoms with E-state index in [1.54, 1.807) is 7.11 Å². The predicted molar refractivity (Wildman–Crippen MR) is 60.1 cm³/mol. The van der Waals surface area contributed by atoms with Crippen LogP contribution in [-0.4, -0.2) is 36.5 Å². The van der Waals surface area contributed by atoms with Gasteiger partial charge >= 0.3 is 5.97 Å². The molecular formula is C11H24O4. The zero-order valence-corrected chi connectivity index (χ0v) is 9.59. The van der Waals surface area contributed by atoms with E-state index in [2.05, 4.69) is 11.7 Å². The summed E-state index contributed by atoms with van der Waals surface area (Å²) < 4.78 is 9.65. The first-order chi connectivity index (χ1) is 6.27. The van der Waals surface area contributed by atoms with E-state index in [0.29, 0.717) is 5.60 Å². The van der Waals surface area contributed by atoms with Crippen LogP contribution in [0.4, 0.5) is 0 Å². The highest BCUT2D eigenvalue weighted by Gasteiger charge is 2.36. The molecule has 0 aliphatic heterocycles. The summed E-state index contributed by atoms with van der Waals surface area (Å²) >= 11 is 0. The van der Waals surface area contributed by atoms with Gasteiger partial charge in [-0.3, -0.25) is 0 Å². The molecule has 92 valence electrons. The highest BCUT2D eigenvalue weighted by atomic mass is 16.5. The Balaban J connectivity index is 0. The molecule has 0 bridgehead atoms. The lowest BCUT2D eigenvalue weighted by atomic mass is 10.1. The van der Waals surface area contributed by atoms with Crippen molar-refractivity contribution in [2.75, 3.05) is 14.2 Å². The average molecular weight is 220 g/mol. The van der Waals surface area contributed by atoms with E-state index in [1.165, 1.54) is 33.8 Å². The van der Waals surface area contributed by atoms with Crippen LogP contribution < -0.4 is 0 Å². The van der Waals surface area contributed by atoms with Crippen LogP contribution in [-0.2, 0) is 14.3 Å². The van der Waals surface area contributed by atoms with Gasteiger partial charge in [-0.15, -0.1) is 0 Å². The maximum Gasteiger partial charge on any atom is 0.335 e. The van der Waals surface area contributed by atoms with Crippen molar-refractivity contribution in [2.24, 2.45) is 0 Å². The number of hydrogen-bond donors (Lipinski definition) is 1. The van der Waals surface area contributed by atoms with Crippen molar-refractivity contribution in [1.29, 1.82) is 0 Å². The molecule has 0 radical (unpaired) electrons. The van der Waals surface area contributed by atoms with Gasteiger partial charge in [-0.1, -0.05) is 7.43 Å². The van der Waals surface area contributed by atoms with Gasteiger partial charge in [0.15, 0.2) is 5.60 Å². The van der Waals surface area contributed by atoms with E-state index < -0.39 is 11.6 Å². The molecule has 0 saturated heterocycles. The SMILES string of the molecule is C.COC(C)(C)C(=O)O.COC1(C)CC1. The second-order valence-electron chi connectivity index (χ2n) is 4.17. The quantitative estimate of drug-likeness (QED) is 0.793. The van der Waals surface area contributed by atoms with Gasteiger partial charge in [0.25, 0.3) is 0 Å². The molecular weight excluding hydrogens is 196 g/mol. The Labute approximate surface area is 92.6 Å². The molecule has 1 aliphatic rings. The first-order valence-electron chi connectivity index (χ1n) is 4.61. The molecule has 4 heteroatoms. The smallest absolute Gasteiger partial charge is 0.335 e. The maximum absolute atomic E-state index is 10.1. The Morgan fingerprint density at radius 2 is 1.73 bits per heavy atom. The molecule has 0 aromatic rings. The fourth-order valence-electron chi connectivity index (χ4n) is 0.467. The third kappa shape index (κ3) is 6.47. The largest absolute Gasteiger partial charge is 0.479 e. The number of methoxy groups -OCH3 is 2. The lowest BCUT2D eigenvalue weighted by Gasteiger charge is -2.15. The molecule has 0 atom stereocenters. The minimum atomic E-state index is -1.04. The van der Waals surface area contributed by atoms with Crippen LogP contribution in [0.25, 0.3) is 0 Å². The minimum absolute atomic E-state index is 0. The summed E-state index contributed by atoms with van der Waals surface area (Å²) in [5.74, 6) is -0.944. The fourth-order valence-corrected chi connectivity index (χ4v) is 0.467. The van der Waals surface area contributed by atoms with Crippen molar-refractivity contribution in [3.63, 3.8) is 0 Å². The van der Waals surface area contributed by atoms with E-state index in [9.17, 15) is 4.79 Å². The number of rotatable bonds is 3. The van der Waals surface area contributed by atoms with Gasteiger partial charge in [0.1, 0.15) is 0 Å². The Morgan fingerprint density at radius 3 is 1.73 bits per heavy atom. The zero-order chi connectivity index (χ0) is 11.4. The maximum atomic E-state index is 10.1. The molecule has 0 unspecified atom stereocenters. The molecule has 1 N–H and O–H groups in total. The summed E-state index contributed by atoms with van der Waals surface area (Å²) in [4.78, 5) is 10.1. The second-order valence-corrected chi connectivity index (χ2v) is 4.17. The van der Waals surface area contributed by atoms with Crippen LogP contribution in [0.15, 0.2) is 0 Å². The van der Waals surface area contributed by atoms with Gasteiger partial charge in [0.05, 0.1) is 5.60 Å². The van der Waals surface area contributed by atoms with E-state index in [4.69, 9.17) is 9.84 Å². The van der Waals surface area contributed by atoms with Crippen LogP contribution >= 0.6 is 0 Å². The molecule has 0 amide bonds. The van der Waals surface area contributed by atoms with Crippen molar-refractivity contribution in [3.05, 3.63) is 0 Å². The Hall–Kier alpha value is -0.610. The number of carboxylic acids is 1. The van der Waals surface area contributed by atoms with E-state index in [1.807, 2.05) is 0 Å². The van der Waals surface area contributed by atoms with Crippen molar-refractivity contribution in [3.8, 4) is 0 Å².